The Labute approximate surface area is 142 Å². The highest BCUT2D eigenvalue weighted by atomic mass is 16.5. The fourth-order valence-corrected chi connectivity index (χ4v) is 3.00. The first-order chi connectivity index (χ1) is 11.4. The number of benzene rings is 1. The molecule has 0 fully saturated rings. The summed E-state index contributed by atoms with van der Waals surface area (Å²) in [7, 11) is 5.65. The lowest BCUT2D eigenvalue weighted by Gasteiger charge is -2.27. The van der Waals surface area contributed by atoms with Gasteiger partial charge in [-0.15, -0.1) is 0 Å². The Morgan fingerprint density at radius 2 is 2.08 bits per heavy atom. The Hall–Kier alpha value is -2.34. The Morgan fingerprint density at radius 1 is 1.38 bits per heavy atom. The average Bonchev–Trinajstić information content (AvgIpc) is 2.79. The molecule has 0 saturated carbocycles. The molecule has 1 amide bonds. The number of hydrogen-bond acceptors (Lipinski definition) is 4. The van der Waals surface area contributed by atoms with E-state index in [4.69, 9.17) is 4.74 Å². The molecule has 1 aromatic carbocycles. The summed E-state index contributed by atoms with van der Waals surface area (Å²) in [5.74, 6) is -0.573. The van der Waals surface area contributed by atoms with Crippen LogP contribution in [-0.2, 0) is 9.59 Å². The van der Waals surface area contributed by atoms with Crippen LogP contribution in [0.5, 0.6) is 5.75 Å². The molecule has 1 aliphatic heterocycles. The number of aliphatic hydroxyl groups excluding tert-OH is 1. The maximum Gasteiger partial charge on any atom is 0.290 e. The second kappa shape index (κ2) is 7.49. The van der Waals surface area contributed by atoms with Crippen molar-refractivity contribution in [3.05, 3.63) is 41.2 Å². The molecule has 1 heterocycles. The molecular formula is C18H25N2O4+. The molecule has 2 rings (SSSR count). The summed E-state index contributed by atoms with van der Waals surface area (Å²) in [5, 5.41) is 10.2. The van der Waals surface area contributed by atoms with Gasteiger partial charge >= 0.3 is 0 Å². The van der Waals surface area contributed by atoms with Gasteiger partial charge in [0.25, 0.3) is 5.91 Å². The lowest BCUT2D eigenvalue weighted by molar-refractivity contribution is -0.858. The van der Waals surface area contributed by atoms with Crippen molar-refractivity contribution >= 4 is 11.7 Å². The zero-order chi connectivity index (χ0) is 17.9. The van der Waals surface area contributed by atoms with Gasteiger partial charge in [-0.2, -0.15) is 0 Å². The standard InChI is InChI=1S/C18H24N2O4/c1-12(21)15-16(13-7-5-8-14(11-13)24-4)20(18(23)17(15)22)10-6-9-19(2)3/h5,7-8,11,16,22H,6,9-10H2,1-4H3/p+1/t16-/m1/s1. The molecule has 0 radical (unpaired) electrons. The second-order valence-corrected chi connectivity index (χ2v) is 6.31. The van der Waals surface area contributed by atoms with Crippen molar-refractivity contribution in [2.24, 2.45) is 0 Å². The quantitative estimate of drug-likeness (QED) is 0.763. The first-order valence-corrected chi connectivity index (χ1v) is 8.04. The molecule has 0 aliphatic carbocycles. The van der Waals surface area contributed by atoms with Crippen molar-refractivity contribution in [3.8, 4) is 5.75 Å². The van der Waals surface area contributed by atoms with Crippen LogP contribution in [0.15, 0.2) is 35.6 Å². The van der Waals surface area contributed by atoms with E-state index in [9.17, 15) is 14.7 Å². The normalized spacial score (nSPS) is 17.8. The van der Waals surface area contributed by atoms with Crippen LogP contribution in [0.3, 0.4) is 0 Å². The number of nitrogens with zero attached hydrogens (tertiary/aromatic N) is 1. The summed E-state index contributed by atoms with van der Waals surface area (Å²) in [6, 6.07) is 6.68. The number of quaternary nitrogens is 1. The van der Waals surface area contributed by atoms with Gasteiger partial charge < -0.3 is 19.6 Å². The minimum absolute atomic E-state index is 0.158. The monoisotopic (exact) mass is 333 g/mol. The van der Waals surface area contributed by atoms with Crippen molar-refractivity contribution in [1.82, 2.24) is 4.90 Å². The van der Waals surface area contributed by atoms with Crippen LogP contribution in [0.4, 0.5) is 0 Å². The maximum absolute atomic E-state index is 12.5. The van der Waals surface area contributed by atoms with Crippen molar-refractivity contribution in [3.63, 3.8) is 0 Å². The average molecular weight is 333 g/mol. The zero-order valence-electron chi connectivity index (χ0n) is 14.6. The van der Waals surface area contributed by atoms with Crippen molar-refractivity contribution in [2.75, 3.05) is 34.3 Å². The lowest BCUT2D eigenvalue weighted by Crippen LogP contribution is -3.05. The molecule has 24 heavy (non-hydrogen) atoms. The van der Waals surface area contributed by atoms with Gasteiger partial charge in [0.1, 0.15) is 5.75 Å². The number of aliphatic hydroxyl groups is 1. The molecular weight excluding hydrogens is 308 g/mol. The Kier molecular flexibility index (Phi) is 5.62. The van der Waals surface area contributed by atoms with Crippen molar-refractivity contribution in [2.45, 2.75) is 19.4 Å². The van der Waals surface area contributed by atoms with Gasteiger partial charge in [-0.05, 0) is 24.6 Å². The number of Topliss-reactive ketones (excluding diaryl/α,β-unsaturated/α-hetero) is 1. The molecule has 0 spiro atoms. The van der Waals surface area contributed by atoms with E-state index in [1.165, 1.54) is 11.8 Å². The SMILES string of the molecule is COc1cccc([C@@H]2C(C(C)=O)=C(O)C(=O)N2CCC[NH+](C)C)c1. The number of rotatable bonds is 7. The van der Waals surface area contributed by atoms with Crippen molar-refractivity contribution < 1.29 is 24.3 Å². The number of hydrogen-bond donors (Lipinski definition) is 2. The minimum atomic E-state index is -0.567. The summed E-state index contributed by atoms with van der Waals surface area (Å²) in [5.41, 5.74) is 0.916. The van der Waals surface area contributed by atoms with E-state index < -0.39 is 17.7 Å². The highest BCUT2D eigenvalue weighted by Crippen LogP contribution is 2.38. The summed E-state index contributed by atoms with van der Waals surface area (Å²) >= 11 is 0. The van der Waals surface area contributed by atoms with Crippen LogP contribution in [0.1, 0.15) is 24.9 Å². The minimum Gasteiger partial charge on any atom is -0.503 e. The van der Waals surface area contributed by atoms with Gasteiger partial charge in [0.15, 0.2) is 11.5 Å². The molecule has 6 nitrogen and oxygen atoms in total. The number of nitrogens with one attached hydrogen (secondary N) is 1. The van der Waals surface area contributed by atoms with Gasteiger partial charge in [-0.25, -0.2) is 0 Å². The lowest BCUT2D eigenvalue weighted by atomic mass is 9.96. The topological polar surface area (TPSA) is 71.3 Å². The van der Waals surface area contributed by atoms with Gasteiger partial charge in [0, 0.05) is 13.0 Å². The number of methoxy groups -OCH3 is 1. The largest absolute Gasteiger partial charge is 0.503 e. The van der Waals surface area contributed by atoms with Crippen LogP contribution in [0, 0.1) is 0 Å². The van der Waals surface area contributed by atoms with E-state index in [0.29, 0.717) is 12.3 Å². The maximum atomic E-state index is 12.5. The predicted molar refractivity (Wildman–Crippen MR) is 90.1 cm³/mol. The third-order valence-electron chi connectivity index (χ3n) is 4.17. The third-order valence-corrected chi connectivity index (χ3v) is 4.17. The van der Waals surface area contributed by atoms with Gasteiger partial charge in [-0.1, -0.05) is 12.1 Å². The summed E-state index contributed by atoms with van der Waals surface area (Å²) in [6.45, 7) is 2.75. The fraction of sp³-hybridized carbons (Fsp3) is 0.444. The van der Waals surface area contributed by atoms with Gasteiger partial charge in [0.2, 0.25) is 0 Å². The summed E-state index contributed by atoms with van der Waals surface area (Å²) in [6.07, 6.45) is 0.785. The van der Waals surface area contributed by atoms with E-state index in [-0.39, 0.29) is 11.4 Å². The Balaban J connectivity index is 2.38. The second-order valence-electron chi connectivity index (χ2n) is 6.31. The van der Waals surface area contributed by atoms with Crippen LogP contribution in [0.2, 0.25) is 0 Å². The highest BCUT2D eigenvalue weighted by molar-refractivity contribution is 6.08. The molecule has 1 atom stereocenters. The highest BCUT2D eigenvalue weighted by Gasteiger charge is 2.42. The molecule has 0 saturated heterocycles. The molecule has 130 valence electrons. The first-order valence-electron chi connectivity index (χ1n) is 8.04. The van der Waals surface area contributed by atoms with Gasteiger partial charge in [0.05, 0.1) is 39.4 Å². The first kappa shape index (κ1) is 18.0. The number of amides is 1. The molecule has 0 unspecified atom stereocenters. The number of ketones is 1. The van der Waals surface area contributed by atoms with E-state index in [0.717, 1.165) is 18.5 Å². The van der Waals surface area contributed by atoms with E-state index in [1.807, 2.05) is 26.2 Å². The van der Waals surface area contributed by atoms with Crippen LogP contribution in [-0.4, -0.2) is 56.0 Å². The van der Waals surface area contributed by atoms with E-state index in [1.54, 1.807) is 24.1 Å². The Morgan fingerprint density at radius 3 is 2.67 bits per heavy atom. The van der Waals surface area contributed by atoms with E-state index in [2.05, 4.69) is 0 Å². The summed E-state index contributed by atoms with van der Waals surface area (Å²) < 4.78 is 5.24. The molecule has 1 aromatic rings. The fourth-order valence-electron chi connectivity index (χ4n) is 3.00. The number of ether oxygens (including phenoxy) is 1. The van der Waals surface area contributed by atoms with Crippen LogP contribution < -0.4 is 9.64 Å². The van der Waals surface area contributed by atoms with E-state index >= 15 is 0 Å². The molecule has 0 bridgehead atoms. The van der Waals surface area contributed by atoms with Crippen LogP contribution >= 0.6 is 0 Å². The zero-order valence-corrected chi connectivity index (χ0v) is 14.6. The number of carbonyl (C=O) groups is 2. The molecule has 2 N–H and O–H groups in total. The molecule has 1 aliphatic rings. The van der Waals surface area contributed by atoms with Crippen LogP contribution in [0.25, 0.3) is 0 Å². The third kappa shape index (κ3) is 3.59. The molecule has 0 aromatic heterocycles. The molecule has 6 heteroatoms. The predicted octanol–water partition coefficient (Wildman–Crippen LogP) is 0.514. The number of carbonyl (C=O) groups excluding carboxylic acids is 2. The smallest absolute Gasteiger partial charge is 0.290 e. The summed E-state index contributed by atoms with van der Waals surface area (Å²) in [4.78, 5) is 27.4. The van der Waals surface area contributed by atoms with Gasteiger partial charge in [-0.3, -0.25) is 9.59 Å². The van der Waals surface area contributed by atoms with Crippen molar-refractivity contribution in [1.29, 1.82) is 0 Å². The Bertz CT molecular complexity index is 667.